The van der Waals surface area contributed by atoms with Gasteiger partial charge in [-0.25, -0.2) is 0 Å². The second kappa shape index (κ2) is 4.08. The fourth-order valence-electron chi connectivity index (χ4n) is 1.84. The molecule has 0 spiro atoms. The molecule has 18 heavy (non-hydrogen) atoms. The smallest absolute Gasteiger partial charge is 0.459 e. The molecule has 0 amide bonds. The summed E-state index contributed by atoms with van der Waals surface area (Å²) in [6.45, 7) is 2.84. The molecule has 0 radical (unpaired) electrons. The number of carboxylic acid groups (broad SMARTS) is 1. The first-order valence-corrected chi connectivity index (χ1v) is 5.24. The zero-order valence-electron chi connectivity index (χ0n) is 9.32. The van der Waals surface area contributed by atoms with E-state index in [-0.39, 0.29) is 0 Å². The molecule has 1 saturated carbocycles. The van der Waals surface area contributed by atoms with Crippen molar-refractivity contribution in [3.8, 4) is 0 Å². The average Bonchev–Trinajstić information content (AvgIpc) is 2.65. The van der Waals surface area contributed by atoms with Crippen molar-refractivity contribution in [3.05, 3.63) is 11.1 Å². The molecule has 0 aromatic carbocycles. The van der Waals surface area contributed by atoms with Gasteiger partial charge in [-0.1, -0.05) is 31.5 Å². The molecule has 0 N–H and O–H groups in total. The van der Waals surface area contributed by atoms with Crippen LogP contribution < -0.4 is 5.11 Å². The number of hydrogen-bond donors (Lipinski definition) is 0. The maximum absolute atomic E-state index is 12.8. The average molecular weight is 292 g/mol. The van der Waals surface area contributed by atoms with E-state index in [2.05, 4.69) is 0 Å². The molecule has 0 bridgehead atoms. The second-order valence-electron chi connectivity index (χ2n) is 4.73. The lowest BCUT2D eigenvalue weighted by molar-refractivity contribution is -0.309. The third kappa shape index (κ3) is 2.32. The minimum Gasteiger partial charge on any atom is -0.550 e. The van der Waals surface area contributed by atoms with Crippen molar-refractivity contribution in [2.75, 3.05) is 0 Å². The van der Waals surface area contributed by atoms with Gasteiger partial charge in [0.25, 0.3) is 0 Å². The normalized spacial score (nSPS) is 28.1. The molecule has 0 aromatic rings. The van der Waals surface area contributed by atoms with E-state index in [0.29, 0.717) is 6.08 Å². The molecule has 2 nitrogen and oxygen atoms in total. The first-order valence-electron chi connectivity index (χ1n) is 4.86. The van der Waals surface area contributed by atoms with E-state index < -0.39 is 40.4 Å². The van der Waals surface area contributed by atoms with Gasteiger partial charge in [-0.15, -0.1) is 0 Å². The minimum absolute atomic E-state index is 0.454. The highest BCUT2D eigenvalue weighted by atomic mass is 35.5. The summed E-state index contributed by atoms with van der Waals surface area (Å²) in [4.78, 5) is 10.6. The van der Waals surface area contributed by atoms with Gasteiger partial charge in [0.1, 0.15) is 0 Å². The molecule has 1 aliphatic rings. The number of carbonyl (C=O) groups is 1. The summed E-state index contributed by atoms with van der Waals surface area (Å²) in [6.07, 6.45) is -5.36. The van der Waals surface area contributed by atoms with Crippen LogP contribution in [0.4, 0.5) is 22.0 Å². The van der Waals surface area contributed by atoms with E-state index in [4.69, 9.17) is 11.6 Å². The van der Waals surface area contributed by atoms with Gasteiger partial charge in [-0.2, -0.15) is 22.0 Å². The van der Waals surface area contributed by atoms with Gasteiger partial charge >= 0.3 is 12.1 Å². The Morgan fingerprint density at radius 3 is 2.00 bits per heavy atom. The Balaban J connectivity index is 2.97. The Kier molecular flexibility index (Phi) is 3.45. The number of carboxylic acids is 1. The summed E-state index contributed by atoms with van der Waals surface area (Å²) < 4.78 is 61.6. The van der Waals surface area contributed by atoms with Crippen LogP contribution in [0.3, 0.4) is 0 Å². The standard InChI is InChI=1S/C10H10ClF5O2/c1-8(2)4(6(8)7(17)18)3-5(11)9(12,13)10(14,15)16/h3-4,6H,1-2H3,(H,17,18)/p-1/t4-,6+/m0/s1. The van der Waals surface area contributed by atoms with E-state index in [1.54, 1.807) is 0 Å². The fraction of sp³-hybridized carbons (Fsp3) is 0.700. The molecule has 2 atom stereocenters. The largest absolute Gasteiger partial charge is 0.550 e. The quantitative estimate of drug-likeness (QED) is 0.749. The zero-order chi connectivity index (χ0) is 14.5. The van der Waals surface area contributed by atoms with Gasteiger partial charge in [0, 0.05) is 11.9 Å². The first kappa shape index (κ1) is 15.2. The van der Waals surface area contributed by atoms with Gasteiger partial charge in [0.05, 0.1) is 5.03 Å². The summed E-state index contributed by atoms with van der Waals surface area (Å²) in [5.74, 6) is -8.79. The third-order valence-electron chi connectivity index (χ3n) is 3.15. The van der Waals surface area contributed by atoms with Crippen molar-refractivity contribution in [1.29, 1.82) is 0 Å². The Labute approximate surface area is 104 Å². The number of rotatable bonds is 3. The summed E-state index contributed by atoms with van der Waals surface area (Å²) in [6, 6.07) is 0. The van der Waals surface area contributed by atoms with Gasteiger partial charge in [0.15, 0.2) is 0 Å². The van der Waals surface area contributed by atoms with Crippen LogP contribution in [0.2, 0.25) is 0 Å². The molecule has 0 aliphatic heterocycles. The van der Waals surface area contributed by atoms with Gasteiger partial charge < -0.3 is 9.90 Å². The zero-order valence-corrected chi connectivity index (χ0v) is 10.1. The number of alkyl halides is 5. The molecular weight excluding hydrogens is 283 g/mol. The highest BCUT2D eigenvalue weighted by molar-refractivity contribution is 6.30. The van der Waals surface area contributed by atoms with Crippen LogP contribution in [-0.2, 0) is 4.79 Å². The lowest BCUT2D eigenvalue weighted by Gasteiger charge is -2.18. The first-order chi connectivity index (χ1) is 7.83. The third-order valence-corrected chi connectivity index (χ3v) is 3.51. The maximum Gasteiger partial charge on any atom is 0.459 e. The van der Waals surface area contributed by atoms with Crippen LogP contribution in [0, 0.1) is 17.3 Å². The monoisotopic (exact) mass is 291 g/mol. The van der Waals surface area contributed by atoms with Gasteiger partial charge in [-0.3, -0.25) is 0 Å². The Bertz CT molecular complexity index is 400. The Hall–Kier alpha value is -0.850. The van der Waals surface area contributed by atoms with E-state index in [9.17, 15) is 31.9 Å². The van der Waals surface area contributed by atoms with Crippen molar-refractivity contribution in [2.24, 2.45) is 17.3 Å². The summed E-state index contributed by atoms with van der Waals surface area (Å²) in [5, 5.41) is 8.91. The van der Waals surface area contributed by atoms with Crippen molar-refractivity contribution in [1.82, 2.24) is 0 Å². The molecular formula is C10H9ClF5O2-. The van der Waals surface area contributed by atoms with E-state index in [0.717, 1.165) is 0 Å². The Morgan fingerprint density at radius 1 is 1.28 bits per heavy atom. The number of allylic oxidation sites excluding steroid dienone is 2. The molecule has 1 aliphatic carbocycles. The van der Waals surface area contributed by atoms with Crippen LogP contribution >= 0.6 is 11.6 Å². The van der Waals surface area contributed by atoms with Crippen LogP contribution in [0.5, 0.6) is 0 Å². The fourth-order valence-corrected chi connectivity index (χ4v) is 2.08. The molecule has 0 heterocycles. The predicted molar refractivity (Wildman–Crippen MR) is 50.7 cm³/mol. The Morgan fingerprint density at radius 2 is 1.72 bits per heavy atom. The van der Waals surface area contributed by atoms with E-state index >= 15 is 0 Å². The predicted octanol–water partition coefficient (Wildman–Crippen LogP) is 2.33. The highest BCUT2D eigenvalue weighted by Crippen LogP contribution is 2.60. The molecule has 1 fully saturated rings. The summed E-state index contributed by atoms with van der Waals surface area (Å²) >= 11 is 4.97. The highest BCUT2D eigenvalue weighted by Gasteiger charge is 2.62. The molecule has 1 rings (SSSR count). The van der Waals surface area contributed by atoms with Crippen molar-refractivity contribution in [3.63, 3.8) is 0 Å². The lowest BCUT2D eigenvalue weighted by Crippen LogP contribution is -2.36. The van der Waals surface area contributed by atoms with Gasteiger partial charge in [-0.05, 0) is 11.3 Å². The minimum atomic E-state index is -5.81. The van der Waals surface area contributed by atoms with Gasteiger partial charge in [0.2, 0.25) is 0 Å². The van der Waals surface area contributed by atoms with Crippen LogP contribution in [0.25, 0.3) is 0 Å². The molecule has 0 aromatic heterocycles. The SMILES string of the molecule is CC1(C)[C@@H](C=C(Cl)C(F)(F)C(F)(F)F)[C@@H]1C(=O)[O-]. The molecule has 0 unspecified atom stereocenters. The topological polar surface area (TPSA) is 40.1 Å². The van der Waals surface area contributed by atoms with E-state index in [1.165, 1.54) is 13.8 Å². The number of halogens is 6. The lowest BCUT2D eigenvalue weighted by atomic mass is 10.1. The number of carbonyl (C=O) groups excluding carboxylic acids is 1. The molecule has 8 heteroatoms. The second-order valence-corrected chi connectivity index (χ2v) is 5.14. The number of hydrogen-bond acceptors (Lipinski definition) is 2. The summed E-state index contributed by atoms with van der Waals surface area (Å²) in [7, 11) is 0. The molecule has 0 saturated heterocycles. The van der Waals surface area contributed by atoms with Crippen LogP contribution in [-0.4, -0.2) is 18.1 Å². The summed E-state index contributed by atoms with van der Waals surface area (Å²) in [5.41, 5.74) is -0.944. The van der Waals surface area contributed by atoms with E-state index in [1.807, 2.05) is 0 Å². The molecule has 104 valence electrons. The van der Waals surface area contributed by atoms with Crippen LogP contribution in [0.15, 0.2) is 11.1 Å². The van der Waals surface area contributed by atoms with Crippen molar-refractivity contribution >= 4 is 17.6 Å². The number of aliphatic carboxylic acids is 1. The van der Waals surface area contributed by atoms with Crippen molar-refractivity contribution in [2.45, 2.75) is 25.9 Å². The maximum atomic E-state index is 12.8. The van der Waals surface area contributed by atoms with Crippen LogP contribution in [0.1, 0.15) is 13.8 Å². The van der Waals surface area contributed by atoms with Crippen molar-refractivity contribution < 1.29 is 31.9 Å².